The Labute approximate surface area is 100.0 Å². The van der Waals surface area contributed by atoms with Crippen LogP contribution in [0.3, 0.4) is 0 Å². The van der Waals surface area contributed by atoms with Gasteiger partial charge in [-0.05, 0) is 39.3 Å². The molecule has 2 N–H and O–H groups in total. The summed E-state index contributed by atoms with van der Waals surface area (Å²) < 4.78 is 0. The number of piperazine rings is 1. The van der Waals surface area contributed by atoms with Gasteiger partial charge in [-0.25, -0.2) is 0 Å². The summed E-state index contributed by atoms with van der Waals surface area (Å²) in [7, 11) is 4.41. The summed E-state index contributed by atoms with van der Waals surface area (Å²) in [5.41, 5.74) is 0. The summed E-state index contributed by atoms with van der Waals surface area (Å²) in [4.78, 5) is 2.52. The molecule has 2 aliphatic rings. The van der Waals surface area contributed by atoms with Crippen LogP contribution < -0.4 is 10.6 Å². The van der Waals surface area contributed by atoms with E-state index in [1.807, 2.05) is 0 Å². The lowest BCUT2D eigenvalue weighted by atomic mass is 9.91. The fourth-order valence-electron chi connectivity index (χ4n) is 3.32. The van der Waals surface area contributed by atoms with Gasteiger partial charge in [0.05, 0.1) is 0 Å². The Morgan fingerprint density at radius 3 is 2.75 bits per heavy atom. The van der Waals surface area contributed by atoms with Crippen LogP contribution in [0.1, 0.15) is 32.1 Å². The van der Waals surface area contributed by atoms with Crippen molar-refractivity contribution in [3.05, 3.63) is 0 Å². The van der Waals surface area contributed by atoms with Crippen molar-refractivity contribution in [2.75, 3.05) is 33.7 Å². The van der Waals surface area contributed by atoms with Crippen LogP contribution >= 0.6 is 0 Å². The maximum atomic E-state index is 3.56. The van der Waals surface area contributed by atoms with E-state index in [0.29, 0.717) is 0 Å². The van der Waals surface area contributed by atoms with Crippen LogP contribution in [-0.4, -0.2) is 50.7 Å². The second kappa shape index (κ2) is 5.99. The Balaban J connectivity index is 1.84. The second-order valence-corrected chi connectivity index (χ2v) is 5.51. The van der Waals surface area contributed by atoms with Gasteiger partial charge in [0.15, 0.2) is 0 Å². The molecule has 1 aliphatic heterocycles. The third kappa shape index (κ3) is 2.96. The molecule has 94 valence electrons. The predicted octanol–water partition coefficient (Wildman–Crippen LogP) is 1.06. The highest BCUT2D eigenvalue weighted by Crippen LogP contribution is 2.30. The Bertz CT molecular complexity index is 201. The Morgan fingerprint density at radius 1 is 1.38 bits per heavy atom. The first-order valence-electron chi connectivity index (χ1n) is 6.89. The summed E-state index contributed by atoms with van der Waals surface area (Å²) in [6.45, 7) is 3.52. The molecule has 2 rings (SSSR count). The average molecular weight is 225 g/mol. The van der Waals surface area contributed by atoms with Crippen molar-refractivity contribution in [2.24, 2.45) is 5.92 Å². The lowest BCUT2D eigenvalue weighted by Gasteiger charge is -2.36. The molecule has 3 nitrogen and oxygen atoms in total. The first-order valence-corrected chi connectivity index (χ1v) is 6.89. The molecule has 1 saturated heterocycles. The standard InChI is InChI=1S/C13H27N3/c1-14-13(11-5-3-4-6-11)9-12-10-15-7-8-16(12)2/h11-15H,3-10H2,1-2H3. The Kier molecular flexibility index (Phi) is 4.62. The van der Waals surface area contributed by atoms with Gasteiger partial charge in [0, 0.05) is 31.7 Å². The van der Waals surface area contributed by atoms with E-state index in [4.69, 9.17) is 0 Å². The normalized spacial score (nSPS) is 30.8. The summed E-state index contributed by atoms with van der Waals surface area (Å²) in [6.07, 6.45) is 7.08. The summed E-state index contributed by atoms with van der Waals surface area (Å²) in [5.74, 6) is 0.931. The van der Waals surface area contributed by atoms with E-state index in [9.17, 15) is 0 Å². The van der Waals surface area contributed by atoms with Crippen molar-refractivity contribution in [2.45, 2.75) is 44.2 Å². The van der Waals surface area contributed by atoms with Gasteiger partial charge in [-0.15, -0.1) is 0 Å². The number of nitrogens with one attached hydrogen (secondary N) is 2. The molecule has 16 heavy (non-hydrogen) atoms. The Morgan fingerprint density at radius 2 is 2.12 bits per heavy atom. The van der Waals surface area contributed by atoms with Gasteiger partial charge in [-0.1, -0.05) is 12.8 Å². The van der Waals surface area contributed by atoms with Gasteiger partial charge >= 0.3 is 0 Å². The lowest BCUT2D eigenvalue weighted by molar-refractivity contribution is 0.165. The fourth-order valence-corrected chi connectivity index (χ4v) is 3.32. The van der Waals surface area contributed by atoms with E-state index >= 15 is 0 Å². The van der Waals surface area contributed by atoms with Crippen molar-refractivity contribution in [1.82, 2.24) is 15.5 Å². The molecule has 1 heterocycles. The van der Waals surface area contributed by atoms with Crippen molar-refractivity contribution in [1.29, 1.82) is 0 Å². The zero-order valence-corrected chi connectivity index (χ0v) is 10.8. The molecule has 0 aromatic heterocycles. The molecular formula is C13H27N3. The number of nitrogens with zero attached hydrogens (tertiary/aromatic N) is 1. The van der Waals surface area contributed by atoms with Gasteiger partial charge in [0.2, 0.25) is 0 Å². The third-order valence-electron chi connectivity index (χ3n) is 4.51. The minimum absolute atomic E-state index is 0.729. The van der Waals surface area contributed by atoms with Crippen LogP contribution in [0.2, 0.25) is 0 Å². The Hall–Kier alpha value is -0.120. The summed E-state index contributed by atoms with van der Waals surface area (Å²) >= 11 is 0. The van der Waals surface area contributed by atoms with Crippen LogP contribution in [0.4, 0.5) is 0 Å². The van der Waals surface area contributed by atoms with Crippen LogP contribution in [0, 0.1) is 5.92 Å². The molecule has 0 amide bonds. The minimum atomic E-state index is 0.729. The fraction of sp³-hybridized carbons (Fsp3) is 1.00. The van der Waals surface area contributed by atoms with Crippen LogP contribution in [-0.2, 0) is 0 Å². The van der Waals surface area contributed by atoms with E-state index in [2.05, 4.69) is 29.6 Å². The second-order valence-electron chi connectivity index (χ2n) is 5.51. The third-order valence-corrected chi connectivity index (χ3v) is 4.51. The zero-order chi connectivity index (χ0) is 11.4. The highest BCUT2D eigenvalue weighted by molar-refractivity contribution is 4.87. The van der Waals surface area contributed by atoms with Crippen LogP contribution in [0.25, 0.3) is 0 Å². The summed E-state index contributed by atoms with van der Waals surface area (Å²) in [6, 6.07) is 1.46. The average Bonchev–Trinajstić information content (AvgIpc) is 2.81. The van der Waals surface area contributed by atoms with Gasteiger partial charge in [0.1, 0.15) is 0 Å². The molecule has 3 heteroatoms. The lowest BCUT2D eigenvalue weighted by Crippen LogP contribution is -2.52. The molecule has 1 saturated carbocycles. The molecule has 0 spiro atoms. The van der Waals surface area contributed by atoms with Gasteiger partial charge < -0.3 is 15.5 Å². The summed E-state index contributed by atoms with van der Waals surface area (Å²) in [5, 5.41) is 7.07. The van der Waals surface area contributed by atoms with Gasteiger partial charge in [0.25, 0.3) is 0 Å². The maximum absolute atomic E-state index is 3.56. The molecule has 0 aromatic carbocycles. The van der Waals surface area contributed by atoms with E-state index in [-0.39, 0.29) is 0 Å². The largest absolute Gasteiger partial charge is 0.317 e. The molecule has 0 bridgehead atoms. The highest BCUT2D eigenvalue weighted by Gasteiger charge is 2.28. The van der Waals surface area contributed by atoms with Crippen molar-refractivity contribution >= 4 is 0 Å². The van der Waals surface area contributed by atoms with E-state index in [1.165, 1.54) is 45.2 Å². The first-order chi connectivity index (χ1) is 7.81. The molecule has 0 radical (unpaired) electrons. The van der Waals surface area contributed by atoms with Crippen molar-refractivity contribution in [3.8, 4) is 0 Å². The smallest absolute Gasteiger partial charge is 0.0233 e. The quantitative estimate of drug-likeness (QED) is 0.749. The van der Waals surface area contributed by atoms with Crippen molar-refractivity contribution in [3.63, 3.8) is 0 Å². The molecule has 0 aromatic rings. The minimum Gasteiger partial charge on any atom is -0.317 e. The van der Waals surface area contributed by atoms with Crippen LogP contribution in [0.5, 0.6) is 0 Å². The zero-order valence-electron chi connectivity index (χ0n) is 10.8. The first kappa shape index (κ1) is 12.3. The molecule has 2 atom stereocenters. The molecule has 1 aliphatic carbocycles. The monoisotopic (exact) mass is 225 g/mol. The predicted molar refractivity (Wildman–Crippen MR) is 68.7 cm³/mol. The van der Waals surface area contributed by atoms with Gasteiger partial charge in [-0.3, -0.25) is 0 Å². The maximum Gasteiger partial charge on any atom is 0.0233 e. The topological polar surface area (TPSA) is 27.3 Å². The number of rotatable bonds is 4. The number of likely N-dealkylation sites (N-methyl/N-ethyl adjacent to an activating group) is 1. The number of hydrogen-bond acceptors (Lipinski definition) is 3. The van der Waals surface area contributed by atoms with E-state index < -0.39 is 0 Å². The number of hydrogen-bond donors (Lipinski definition) is 2. The van der Waals surface area contributed by atoms with Crippen molar-refractivity contribution < 1.29 is 0 Å². The SMILES string of the molecule is CNC(CC1CNCCN1C)C1CCCC1. The molecule has 2 fully saturated rings. The van der Waals surface area contributed by atoms with E-state index in [0.717, 1.165) is 24.5 Å². The molecule has 2 unspecified atom stereocenters. The van der Waals surface area contributed by atoms with Crippen LogP contribution in [0.15, 0.2) is 0 Å². The van der Waals surface area contributed by atoms with E-state index in [1.54, 1.807) is 0 Å². The van der Waals surface area contributed by atoms with Gasteiger partial charge in [-0.2, -0.15) is 0 Å². The molecular weight excluding hydrogens is 198 g/mol. The highest BCUT2D eigenvalue weighted by atomic mass is 15.2.